The Hall–Kier alpha value is -3.66. The van der Waals surface area contributed by atoms with Gasteiger partial charge < -0.3 is 21.2 Å². The van der Waals surface area contributed by atoms with E-state index in [0.29, 0.717) is 36.1 Å². The van der Waals surface area contributed by atoms with Gasteiger partial charge in [0.1, 0.15) is 16.4 Å². The maximum absolute atomic E-state index is 14.0. The fraction of sp³-hybridized carbons (Fsp3) is 0.360. The van der Waals surface area contributed by atoms with E-state index < -0.39 is 23.8 Å². The summed E-state index contributed by atoms with van der Waals surface area (Å²) in [7, 11) is 0. The molecule has 0 fully saturated rings. The number of para-hydroxylation sites is 1. The van der Waals surface area contributed by atoms with Crippen molar-refractivity contribution < 1.29 is 18.8 Å². The minimum atomic E-state index is -1.12. The zero-order valence-corrected chi connectivity index (χ0v) is 21.1. The van der Waals surface area contributed by atoms with Crippen molar-refractivity contribution in [2.75, 3.05) is 17.2 Å². The maximum Gasteiger partial charge on any atom is 0.273 e. The number of amides is 3. The minimum absolute atomic E-state index is 0.0213. The van der Waals surface area contributed by atoms with Crippen LogP contribution in [0.1, 0.15) is 70.5 Å². The number of primary amides is 1. The smallest absolute Gasteiger partial charge is 0.273 e. The van der Waals surface area contributed by atoms with Gasteiger partial charge >= 0.3 is 0 Å². The molecule has 186 valence electrons. The van der Waals surface area contributed by atoms with Gasteiger partial charge in [-0.2, -0.15) is 4.37 Å². The van der Waals surface area contributed by atoms with E-state index in [0.717, 1.165) is 23.5 Å². The Morgan fingerprint density at radius 2 is 1.89 bits per heavy atom. The van der Waals surface area contributed by atoms with Crippen LogP contribution in [0.25, 0.3) is 0 Å². The summed E-state index contributed by atoms with van der Waals surface area (Å²) in [6.07, 6.45) is 1.39. The van der Waals surface area contributed by atoms with Crippen molar-refractivity contribution >= 4 is 40.6 Å². The number of nitrogen functional groups attached to an aromatic ring is 1. The average molecular weight is 498 g/mol. The summed E-state index contributed by atoms with van der Waals surface area (Å²) in [6, 6.07) is 9.63. The molecule has 3 rings (SSSR count). The summed E-state index contributed by atoms with van der Waals surface area (Å²) in [4.78, 5) is 40.7. The first-order valence-corrected chi connectivity index (χ1v) is 12.2. The Morgan fingerprint density at radius 1 is 1.17 bits per heavy atom. The molecule has 0 radical (unpaired) electrons. The van der Waals surface area contributed by atoms with Gasteiger partial charge in [-0.1, -0.05) is 39.0 Å². The second kappa shape index (κ2) is 11.2. The summed E-state index contributed by atoms with van der Waals surface area (Å²) in [5.41, 5.74) is 12.6. The molecule has 0 aliphatic heterocycles. The molecule has 1 aromatic carbocycles. The molecule has 2 heterocycles. The van der Waals surface area contributed by atoms with Crippen molar-refractivity contribution in [3.63, 3.8) is 0 Å². The number of hydrogen-bond donors (Lipinski definition) is 3. The summed E-state index contributed by atoms with van der Waals surface area (Å²) in [5, 5.41) is 2.94. The fourth-order valence-electron chi connectivity index (χ4n) is 3.70. The highest BCUT2D eigenvalue weighted by Gasteiger charge is 2.38. The molecule has 10 heteroatoms. The lowest BCUT2D eigenvalue weighted by Crippen LogP contribution is -2.44. The third-order valence-corrected chi connectivity index (χ3v) is 6.42. The van der Waals surface area contributed by atoms with E-state index in [4.69, 9.17) is 15.9 Å². The molecule has 0 aliphatic rings. The predicted octanol–water partition coefficient (Wildman–Crippen LogP) is 3.84. The summed E-state index contributed by atoms with van der Waals surface area (Å²) in [6.45, 7) is 8.30. The molecule has 0 unspecified atom stereocenters. The Kier molecular flexibility index (Phi) is 8.29. The van der Waals surface area contributed by atoms with Crippen LogP contribution in [0.2, 0.25) is 0 Å². The van der Waals surface area contributed by atoms with Gasteiger partial charge in [0.05, 0.1) is 5.69 Å². The highest BCUT2D eigenvalue weighted by Crippen LogP contribution is 2.35. The molecule has 35 heavy (non-hydrogen) atoms. The van der Waals surface area contributed by atoms with E-state index in [1.165, 1.54) is 4.90 Å². The predicted molar refractivity (Wildman–Crippen MR) is 136 cm³/mol. The normalized spacial score (nSPS) is 11.9. The van der Waals surface area contributed by atoms with E-state index in [2.05, 4.69) is 23.5 Å². The zero-order valence-electron chi connectivity index (χ0n) is 20.3. The molecule has 0 saturated carbocycles. The number of nitrogens with two attached hydrogens (primary N) is 2. The van der Waals surface area contributed by atoms with E-state index in [1.54, 1.807) is 31.2 Å². The molecule has 3 amide bonds. The number of rotatable bonds is 10. The van der Waals surface area contributed by atoms with Crippen molar-refractivity contribution in [2.45, 2.75) is 46.6 Å². The van der Waals surface area contributed by atoms with Crippen LogP contribution in [0.3, 0.4) is 0 Å². The lowest BCUT2D eigenvalue weighted by atomic mass is 10.0. The average Bonchev–Trinajstić information content (AvgIpc) is 3.41. The quantitative estimate of drug-likeness (QED) is 0.388. The molecule has 3 aromatic rings. The summed E-state index contributed by atoms with van der Waals surface area (Å²) in [5.74, 6) is -0.499. The molecule has 0 saturated heterocycles. The highest BCUT2D eigenvalue weighted by molar-refractivity contribution is 7.09. The molecule has 2 aromatic heterocycles. The summed E-state index contributed by atoms with van der Waals surface area (Å²) < 4.78 is 9.83. The van der Waals surface area contributed by atoms with Crippen molar-refractivity contribution in [3.8, 4) is 0 Å². The van der Waals surface area contributed by atoms with Gasteiger partial charge in [0.15, 0.2) is 11.7 Å². The van der Waals surface area contributed by atoms with Gasteiger partial charge in [-0.3, -0.25) is 19.3 Å². The minimum Gasteiger partial charge on any atom is -0.464 e. The second-order valence-corrected chi connectivity index (χ2v) is 9.39. The SMILES string of the molecule is CCc1ccccc1N(C(=O)c1snc(C(N)=O)c1N)[C@@H](C(=O)NCCC(C)C)c1ccc(C)o1. The molecule has 0 bridgehead atoms. The van der Waals surface area contributed by atoms with Crippen LogP contribution in [0.5, 0.6) is 0 Å². The number of anilines is 2. The maximum atomic E-state index is 14.0. The van der Waals surface area contributed by atoms with Crippen LogP contribution < -0.4 is 21.7 Å². The van der Waals surface area contributed by atoms with Gasteiger partial charge in [-0.25, -0.2) is 0 Å². The van der Waals surface area contributed by atoms with Crippen molar-refractivity contribution in [1.29, 1.82) is 0 Å². The first kappa shape index (κ1) is 26.0. The second-order valence-electron chi connectivity index (χ2n) is 8.62. The van der Waals surface area contributed by atoms with Gasteiger partial charge in [0, 0.05) is 12.2 Å². The summed E-state index contributed by atoms with van der Waals surface area (Å²) >= 11 is 0.771. The molecule has 5 N–H and O–H groups in total. The van der Waals surface area contributed by atoms with E-state index in [-0.39, 0.29) is 16.3 Å². The Morgan fingerprint density at radius 3 is 2.46 bits per heavy atom. The number of carbonyl (C=O) groups excluding carboxylic acids is 3. The number of benzene rings is 1. The van der Waals surface area contributed by atoms with Crippen LogP contribution in [-0.4, -0.2) is 28.6 Å². The van der Waals surface area contributed by atoms with Gasteiger partial charge in [0.25, 0.3) is 17.7 Å². The van der Waals surface area contributed by atoms with Gasteiger partial charge in [-0.15, -0.1) is 0 Å². The Labute approximate surface area is 208 Å². The van der Waals surface area contributed by atoms with Crippen LogP contribution in [0.15, 0.2) is 40.8 Å². The van der Waals surface area contributed by atoms with Gasteiger partial charge in [-0.05, 0) is 61.0 Å². The van der Waals surface area contributed by atoms with Crippen molar-refractivity contribution in [1.82, 2.24) is 9.69 Å². The molecule has 0 aliphatic carbocycles. The van der Waals surface area contributed by atoms with E-state index >= 15 is 0 Å². The molecular weight excluding hydrogens is 466 g/mol. The van der Waals surface area contributed by atoms with Gasteiger partial charge in [0.2, 0.25) is 0 Å². The first-order valence-electron chi connectivity index (χ1n) is 11.5. The fourth-order valence-corrected chi connectivity index (χ4v) is 4.45. The number of nitrogens with one attached hydrogen (secondary N) is 1. The van der Waals surface area contributed by atoms with Crippen molar-refractivity contribution in [3.05, 3.63) is 64.1 Å². The number of aryl methyl sites for hydroxylation is 2. The lowest BCUT2D eigenvalue weighted by molar-refractivity contribution is -0.122. The Balaban J connectivity index is 2.18. The number of carbonyl (C=O) groups is 3. The van der Waals surface area contributed by atoms with E-state index in [1.807, 2.05) is 19.1 Å². The first-order chi connectivity index (χ1) is 16.6. The van der Waals surface area contributed by atoms with E-state index in [9.17, 15) is 14.4 Å². The number of aromatic nitrogens is 1. The molecular formula is C25H31N5O4S. The number of nitrogens with zero attached hydrogens (tertiary/aromatic N) is 2. The third-order valence-electron chi connectivity index (χ3n) is 5.56. The van der Waals surface area contributed by atoms with Crippen LogP contribution in [0, 0.1) is 12.8 Å². The largest absolute Gasteiger partial charge is 0.464 e. The third kappa shape index (κ3) is 5.71. The van der Waals surface area contributed by atoms with Crippen LogP contribution >= 0.6 is 11.5 Å². The lowest BCUT2D eigenvalue weighted by Gasteiger charge is -2.31. The molecule has 0 spiro atoms. The van der Waals surface area contributed by atoms with Crippen LogP contribution in [0.4, 0.5) is 11.4 Å². The van der Waals surface area contributed by atoms with Crippen LogP contribution in [-0.2, 0) is 11.2 Å². The van der Waals surface area contributed by atoms with Crippen molar-refractivity contribution in [2.24, 2.45) is 11.7 Å². The highest BCUT2D eigenvalue weighted by atomic mass is 32.1. The molecule has 9 nitrogen and oxygen atoms in total. The standard InChI is InChI=1S/C25H31N5O4S/c1-5-16-8-6-7-9-17(16)30(25(33)22-19(26)20(23(27)31)29-35-22)21(18-11-10-15(4)34-18)24(32)28-13-12-14(2)3/h6-11,14,21H,5,12-13,26H2,1-4H3,(H2,27,31)(H,28,32)/t21-/m1/s1. The monoisotopic (exact) mass is 497 g/mol. The zero-order chi connectivity index (χ0) is 25.7. The molecule has 1 atom stereocenters. The Bertz CT molecular complexity index is 1220. The topological polar surface area (TPSA) is 145 Å². The number of hydrogen-bond acceptors (Lipinski definition) is 7. The number of furan rings is 1.